The summed E-state index contributed by atoms with van der Waals surface area (Å²) in [6.45, 7) is 7.75. The van der Waals surface area contributed by atoms with Crippen LogP contribution in [0.2, 0.25) is 0 Å². The van der Waals surface area contributed by atoms with Gasteiger partial charge in [-0.15, -0.1) is 0 Å². The molecule has 0 bridgehead atoms. The van der Waals surface area contributed by atoms with Crippen molar-refractivity contribution >= 4 is 5.97 Å². The summed E-state index contributed by atoms with van der Waals surface area (Å²) >= 11 is 0. The first-order chi connectivity index (χ1) is 7.85. The van der Waals surface area contributed by atoms with Crippen LogP contribution in [0, 0.1) is 5.41 Å². The number of nitrogens with two attached hydrogens (primary N) is 1. The maximum absolute atomic E-state index is 12.1. The Bertz CT molecular complexity index is 301. The third-order valence-electron chi connectivity index (χ3n) is 3.59. The Balaban J connectivity index is 2.08. The number of hydrogen-bond donors (Lipinski definition) is 2. The number of esters is 1. The van der Waals surface area contributed by atoms with E-state index in [1.807, 2.05) is 20.8 Å². The van der Waals surface area contributed by atoms with E-state index < -0.39 is 11.6 Å². The first-order valence-corrected chi connectivity index (χ1v) is 6.16. The van der Waals surface area contributed by atoms with E-state index in [0.29, 0.717) is 6.61 Å². The van der Waals surface area contributed by atoms with Crippen molar-refractivity contribution in [2.75, 3.05) is 19.7 Å². The van der Waals surface area contributed by atoms with E-state index in [9.17, 15) is 4.79 Å². The molecule has 0 amide bonds. The topological polar surface area (TPSA) is 73.6 Å². The predicted octanol–water partition coefficient (Wildman–Crippen LogP) is 0.0339. The maximum atomic E-state index is 12.1. The molecule has 2 rings (SSSR count). The zero-order valence-corrected chi connectivity index (χ0v) is 10.8. The molecule has 3 atom stereocenters. The number of carbonyl (C=O) groups excluding carboxylic acids is 1. The van der Waals surface area contributed by atoms with E-state index in [4.69, 9.17) is 15.2 Å². The third kappa shape index (κ3) is 2.32. The van der Waals surface area contributed by atoms with Crippen molar-refractivity contribution in [3.63, 3.8) is 0 Å². The Hall–Kier alpha value is -0.650. The highest BCUT2D eigenvalue weighted by atomic mass is 16.6. The molecule has 3 N–H and O–H groups in total. The SMILES string of the molecule is CC(C)(C)OC(=O)C(N)C12CCOC1CNC2. The van der Waals surface area contributed by atoms with Crippen molar-refractivity contribution in [3.8, 4) is 0 Å². The minimum absolute atomic E-state index is 0.0463. The lowest BCUT2D eigenvalue weighted by Gasteiger charge is -2.33. The second kappa shape index (κ2) is 4.23. The van der Waals surface area contributed by atoms with E-state index in [2.05, 4.69) is 5.32 Å². The number of nitrogens with one attached hydrogen (secondary N) is 1. The molecule has 5 nitrogen and oxygen atoms in total. The summed E-state index contributed by atoms with van der Waals surface area (Å²) in [5.41, 5.74) is 5.34. The number of rotatable bonds is 2. The van der Waals surface area contributed by atoms with Crippen LogP contribution in [-0.2, 0) is 14.3 Å². The number of carbonyl (C=O) groups is 1. The summed E-state index contributed by atoms with van der Waals surface area (Å²) in [4.78, 5) is 12.1. The molecule has 2 saturated heterocycles. The zero-order valence-electron chi connectivity index (χ0n) is 10.8. The van der Waals surface area contributed by atoms with Gasteiger partial charge in [0.05, 0.1) is 6.10 Å². The van der Waals surface area contributed by atoms with E-state index >= 15 is 0 Å². The first-order valence-electron chi connectivity index (χ1n) is 6.16. The fraction of sp³-hybridized carbons (Fsp3) is 0.917. The summed E-state index contributed by atoms with van der Waals surface area (Å²) in [7, 11) is 0. The average molecular weight is 242 g/mol. The lowest BCUT2D eigenvalue weighted by molar-refractivity contribution is -0.160. The van der Waals surface area contributed by atoms with Gasteiger partial charge in [-0.25, -0.2) is 0 Å². The fourth-order valence-electron chi connectivity index (χ4n) is 2.68. The molecule has 98 valence electrons. The van der Waals surface area contributed by atoms with Gasteiger partial charge in [0.1, 0.15) is 11.6 Å². The highest BCUT2D eigenvalue weighted by molar-refractivity contribution is 5.77. The molecule has 0 aromatic heterocycles. The fourth-order valence-corrected chi connectivity index (χ4v) is 2.68. The van der Waals surface area contributed by atoms with E-state index in [1.165, 1.54) is 0 Å². The minimum Gasteiger partial charge on any atom is -0.459 e. The average Bonchev–Trinajstić information content (AvgIpc) is 2.71. The summed E-state index contributed by atoms with van der Waals surface area (Å²) in [5, 5.41) is 3.25. The Morgan fingerprint density at radius 2 is 2.29 bits per heavy atom. The third-order valence-corrected chi connectivity index (χ3v) is 3.59. The van der Waals surface area contributed by atoms with Crippen LogP contribution < -0.4 is 11.1 Å². The van der Waals surface area contributed by atoms with Crippen LogP contribution in [0.3, 0.4) is 0 Å². The van der Waals surface area contributed by atoms with Crippen molar-refractivity contribution in [2.45, 2.75) is 44.9 Å². The van der Waals surface area contributed by atoms with Gasteiger partial charge in [0.15, 0.2) is 0 Å². The highest BCUT2D eigenvalue weighted by Crippen LogP contribution is 2.40. The Kier molecular flexibility index (Phi) is 3.18. The van der Waals surface area contributed by atoms with Crippen LogP contribution in [0.4, 0.5) is 0 Å². The monoisotopic (exact) mass is 242 g/mol. The van der Waals surface area contributed by atoms with Crippen LogP contribution in [0.1, 0.15) is 27.2 Å². The van der Waals surface area contributed by atoms with E-state index in [1.54, 1.807) is 0 Å². The quantitative estimate of drug-likeness (QED) is 0.669. The van der Waals surface area contributed by atoms with Gasteiger partial charge in [0.25, 0.3) is 0 Å². The largest absolute Gasteiger partial charge is 0.459 e. The van der Waals surface area contributed by atoms with Crippen molar-refractivity contribution in [3.05, 3.63) is 0 Å². The lowest BCUT2D eigenvalue weighted by Crippen LogP contribution is -2.53. The van der Waals surface area contributed by atoms with Gasteiger partial charge in [-0.05, 0) is 27.2 Å². The normalized spacial score (nSPS) is 34.5. The van der Waals surface area contributed by atoms with Crippen LogP contribution in [0.15, 0.2) is 0 Å². The van der Waals surface area contributed by atoms with Crippen molar-refractivity contribution in [2.24, 2.45) is 11.1 Å². The van der Waals surface area contributed by atoms with Crippen molar-refractivity contribution < 1.29 is 14.3 Å². The van der Waals surface area contributed by atoms with Gasteiger partial charge in [-0.1, -0.05) is 0 Å². The number of hydrogen-bond acceptors (Lipinski definition) is 5. The van der Waals surface area contributed by atoms with Gasteiger partial charge < -0.3 is 20.5 Å². The second-order valence-electron chi connectivity index (χ2n) is 5.98. The minimum atomic E-state index is -0.607. The summed E-state index contributed by atoms with van der Waals surface area (Å²) in [5.74, 6) is -0.322. The molecule has 3 unspecified atom stereocenters. The Morgan fingerprint density at radius 3 is 2.94 bits per heavy atom. The Labute approximate surface area is 102 Å². The second-order valence-corrected chi connectivity index (χ2v) is 5.98. The van der Waals surface area contributed by atoms with Gasteiger partial charge in [0.2, 0.25) is 0 Å². The molecule has 0 aromatic rings. The van der Waals surface area contributed by atoms with Gasteiger partial charge in [-0.3, -0.25) is 4.79 Å². The first kappa shape index (κ1) is 12.8. The summed E-state index contributed by atoms with van der Waals surface area (Å²) < 4.78 is 11.0. The molecule has 0 aromatic carbocycles. The van der Waals surface area contributed by atoms with Crippen LogP contribution in [0.25, 0.3) is 0 Å². The molecule has 0 radical (unpaired) electrons. The van der Waals surface area contributed by atoms with Gasteiger partial charge >= 0.3 is 5.97 Å². The van der Waals surface area contributed by atoms with Crippen molar-refractivity contribution in [1.29, 1.82) is 0 Å². The molecule has 17 heavy (non-hydrogen) atoms. The highest BCUT2D eigenvalue weighted by Gasteiger charge is 2.54. The van der Waals surface area contributed by atoms with Crippen molar-refractivity contribution in [1.82, 2.24) is 5.32 Å². The smallest absolute Gasteiger partial charge is 0.324 e. The molecule has 0 spiro atoms. The molecular weight excluding hydrogens is 220 g/mol. The van der Waals surface area contributed by atoms with Crippen LogP contribution >= 0.6 is 0 Å². The van der Waals surface area contributed by atoms with Gasteiger partial charge in [-0.2, -0.15) is 0 Å². The molecular formula is C12H22N2O3. The molecule has 0 aliphatic carbocycles. The number of ether oxygens (including phenoxy) is 2. The van der Waals surface area contributed by atoms with Gasteiger partial charge in [0, 0.05) is 25.1 Å². The van der Waals surface area contributed by atoms with Crippen LogP contribution in [0.5, 0.6) is 0 Å². The molecule has 2 heterocycles. The van der Waals surface area contributed by atoms with Crippen LogP contribution in [-0.4, -0.2) is 43.4 Å². The lowest BCUT2D eigenvalue weighted by atomic mass is 9.76. The molecule has 2 aliphatic rings. The molecule has 0 saturated carbocycles. The zero-order chi connectivity index (χ0) is 12.7. The predicted molar refractivity (Wildman–Crippen MR) is 63.5 cm³/mol. The summed E-state index contributed by atoms with van der Waals surface area (Å²) in [6, 6.07) is -0.607. The Morgan fingerprint density at radius 1 is 1.59 bits per heavy atom. The maximum Gasteiger partial charge on any atom is 0.324 e. The van der Waals surface area contributed by atoms with E-state index in [-0.39, 0.29) is 17.5 Å². The number of fused-ring (bicyclic) bond motifs is 1. The molecule has 2 fully saturated rings. The molecule has 2 aliphatic heterocycles. The standard InChI is InChI=1S/C12H22N2O3/c1-11(2,3)17-10(15)9(13)12-4-5-16-8(12)6-14-7-12/h8-9,14H,4-7,13H2,1-3H3. The molecule has 5 heteroatoms. The van der Waals surface area contributed by atoms with E-state index in [0.717, 1.165) is 19.5 Å². The summed E-state index contributed by atoms with van der Waals surface area (Å²) in [6.07, 6.45) is 0.871.